The van der Waals surface area contributed by atoms with Crippen LogP contribution in [0.25, 0.3) is 0 Å². The summed E-state index contributed by atoms with van der Waals surface area (Å²) in [5.41, 5.74) is 0. The average molecular weight is 267 g/mol. The number of amides is 2. The van der Waals surface area contributed by atoms with Crippen LogP contribution in [-0.2, 0) is 9.59 Å². The van der Waals surface area contributed by atoms with Crippen molar-refractivity contribution < 1.29 is 9.59 Å². The number of rotatable bonds is 2. The molecule has 5 heteroatoms. The average Bonchev–Trinajstić information content (AvgIpc) is 2.72. The Morgan fingerprint density at radius 3 is 2.68 bits per heavy atom. The summed E-state index contributed by atoms with van der Waals surface area (Å²) >= 11 is 0. The van der Waals surface area contributed by atoms with Gasteiger partial charge in [-0.05, 0) is 31.7 Å². The van der Waals surface area contributed by atoms with Gasteiger partial charge in [0.15, 0.2) is 0 Å². The first-order chi connectivity index (χ1) is 9.22. The van der Waals surface area contributed by atoms with Crippen LogP contribution in [0.15, 0.2) is 0 Å². The van der Waals surface area contributed by atoms with Crippen LogP contribution < -0.4 is 5.32 Å². The van der Waals surface area contributed by atoms with Crippen molar-refractivity contribution in [1.29, 1.82) is 0 Å². The molecule has 0 aromatic rings. The SMILES string of the molecule is CCCC1CCN(C(=O)C(=O)N2CCCNCC2)C1. The van der Waals surface area contributed by atoms with Gasteiger partial charge in [-0.2, -0.15) is 0 Å². The van der Waals surface area contributed by atoms with Crippen LogP contribution in [0.1, 0.15) is 32.6 Å². The number of nitrogens with one attached hydrogen (secondary N) is 1. The van der Waals surface area contributed by atoms with Crippen LogP contribution in [0.5, 0.6) is 0 Å². The molecule has 2 aliphatic heterocycles. The molecule has 0 aromatic carbocycles. The Labute approximate surface area is 115 Å². The molecule has 1 atom stereocenters. The lowest BCUT2D eigenvalue weighted by atomic mass is 10.0. The summed E-state index contributed by atoms with van der Waals surface area (Å²) in [5, 5.41) is 3.25. The third-order valence-electron chi connectivity index (χ3n) is 4.08. The van der Waals surface area contributed by atoms with Gasteiger partial charge in [-0.1, -0.05) is 13.3 Å². The number of carbonyl (C=O) groups excluding carboxylic acids is 2. The van der Waals surface area contributed by atoms with Gasteiger partial charge in [-0.3, -0.25) is 9.59 Å². The highest BCUT2D eigenvalue weighted by Crippen LogP contribution is 2.21. The maximum atomic E-state index is 12.2. The monoisotopic (exact) mass is 267 g/mol. The number of hydrogen-bond acceptors (Lipinski definition) is 3. The van der Waals surface area contributed by atoms with Crippen molar-refractivity contribution in [2.24, 2.45) is 5.92 Å². The molecule has 0 aromatic heterocycles. The number of nitrogens with zero attached hydrogens (tertiary/aromatic N) is 2. The Morgan fingerprint density at radius 1 is 1.11 bits per heavy atom. The van der Waals surface area contributed by atoms with Crippen molar-refractivity contribution in [2.45, 2.75) is 32.6 Å². The normalized spacial score (nSPS) is 24.4. The van der Waals surface area contributed by atoms with E-state index in [-0.39, 0.29) is 11.8 Å². The molecule has 0 aliphatic carbocycles. The van der Waals surface area contributed by atoms with E-state index >= 15 is 0 Å². The first-order valence-corrected chi connectivity index (χ1v) is 7.51. The van der Waals surface area contributed by atoms with Gasteiger partial charge in [-0.15, -0.1) is 0 Å². The molecule has 2 aliphatic rings. The predicted molar refractivity (Wildman–Crippen MR) is 73.7 cm³/mol. The molecule has 1 N–H and O–H groups in total. The minimum atomic E-state index is -0.305. The lowest BCUT2D eigenvalue weighted by Crippen LogP contribution is -2.45. The van der Waals surface area contributed by atoms with E-state index in [4.69, 9.17) is 0 Å². The fraction of sp³-hybridized carbons (Fsp3) is 0.857. The topological polar surface area (TPSA) is 52.7 Å². The maximum Gasteiger partial charge on any atom is 0.312 e. The summed E-state index contributed by atoms with van der Waals surface area (Å²) in [4.78, 5) is 27.9. The number of carbonyl (C=O) groups is 2. The molecule has 108 valence electrons. The number of hydrogen-bond donors (Lipinski definition) is 1. The van der Waals surface area contributed by atoms with Crippen molar-refractivity contribution in [3.8, 4) is 0 Å². The lowest BCUT2D eigenvalue weighted by Gasteiger charge is -2.23. The molecule has 0 radical (unpaired) electrons. The van der Waals surface area contributed by atoms with Gasteiger partial charge in [0.2, 0.25) is 0 Å². The summed E-state index contributed by atoms with van der Waals surface area (Å²) < 4.78 is 0. The van der Waals surface area contributed by atoms with E-state index in [1.807, 2.05) is 0 Å². The fourth-order valence-electron chi connectivity index (χ4n) is 2.98. The molecule has 2 rings (SSSR count). The minimum Gasteiger partial charge on any atom is -0.334 e. The van der Waals surface area contributed by atoms with Crippen LogP contribution in [0.2, 0.25) is 0 Å². The Balaban J connectivity index is 1.86. The quantitative estimate of drug-likeness (QED) is 0.739. The van der Waals surface area contributed by atoms with E-state index < -0.39 is 0 Å². The smallest absolute Gasteiger partial charge is 0.312 e. The minimum absolute atomic E-state index is 0.291. The highest BCUT2D eigenvalue weighted by molar-refractivity contribution is 6.34. The van der Waals surface area contributed by atoms with Crippen LogP contribution in [0.3, 0.4) is 0 Å². The Bertz CT molecular complexity index is 325. The third kappa shape index (κ3) is 3.69. The molecule has 5 nitrogen and oxygen atoms in total. The second-order valence-corrected chi connectivity index (χ2v) is 5.59. The van der Waals surface area contributed by atoms with Gasteiger partial charge in [-0.25, -0.2) is 0 Å². The van der Waals surface area contributed by atoms with E-state index in [1.54, 1.807) is 9.80 Å². The molecule has 2 heterocycles. The predicted octanol–water partition coefficient (Wildman–Crippen LogP) is 0.457. The second-order valence-electron chi connectivity index (χ2n) is 5.59. The first-order valence-electron chi connectivity index (χ1n) is 7.51. The van der Waals surface area contributed by atoms with Crippen molar-refractivity contribution in [1.82, 2.24) is 15.1 Å². The Morgan fingerprint density at radius 2 is 1.89 bits per heavy atom. The molecule has 2 amide bonds. The van der Waals surface area contributed by atoms with E-state index in [9.17, 15) is 9.59 Å². The Hall–Kier alpha value is -1.10. The van der Waals surface area contributed by atoms with Gasteiger partial charge >= 0.3 is 11.8 Å². The highest BCUT2D eigenvalue weighted by atomic mass is 16.2. The molecule has 1 unspecified atom stereocenters. The molecule has 2 fully saturated rings. The lowest BCUT2D eigenvalue weighted by molar-refractivity contribution is -0.151. The van der Waals surface area contributed by atoms with Crippen molar-refractivity contribution in [2.75, 3.05) is 39.3 Å². The van der Waals surface area contributed by atoms with Gasteiger partial charge in [0.25, 0.3) is 0 Å². The van der Waals surface area contributed by atoms with Crippen molar-refractivity contribution >= 4 is 11.8 Å². The van der Waals surface area contributed by atoms with Crippen LogP contribution in [0.4, 0.5) is 0 Å². The molecular formula is C14H25N3O2. The summed E-state index contributed by atoms with van der Waals surface area (Å²) in [6.45, 7) is 6.75. The molecule has 0 bridgehead atoms. The first kappa shape index (κ1) is 14.3. The highest BCUT2D eigenvalue weighted by Gasteiger charge is 2.32. The molecule has 19 heavy (non-hydrogen) atoms. The Kier molecular flexibility index (Phi) is 5.19. The van der Waals surface area contributed by atoms with Crippen molar-refractivity contribution in [3.05, 3.63) is 0 Å². The van der Waals surface area contributed by atoms with Gasteiger partial charge in [0, 0.05) is 32.7 Å². The zero-order valence-corrected chi connectivity index (χ0v) is 11.9. The largest absolute Gasteiger partial charge is 0.334 e. The van der Waals surface area contributed by atoms with E-state index in [2.05, 4.69) is 12.2 Å². The zero-order chi connectivity index (χ0) is 13.7. The van der Waals surface area contributed by atoms with Crippen molar-refractivity contribution in [3.63, 3.8) is 0 Å². The van der Waals surface area contributed by atoms with E-state index in [0.29, 0.717) is 19.0 Å². The molecular weight excluding hydrogens is 242 g/mol. The standard InChI is InChI=1S/C14H25N3O2/c1-2-4-12-5-9-17(11-12)14(19)13(18)16-8-3-6-15-7-10-16/h12,15H,2-11H2,1H3. The molecule has 0 spiro atoms. The zero-order valence-electron chi connectivity index (χ0n) is 11.9. The third-order valence-corrected chi connectivity index (χ3v) is 4.08. The summed E-state index contributed by atoms with van der Waals surface area (Å²) in [5.74, 6) is -0.00565. The van der Waals surface area contributed by atoms with Crippen LogP contribution in [-0.4, -0.2) is 60.9 Å². The fourth-order valence-corrected chi connectivity index (χ4v) is 2.98. The maximum absolute atomic E-state index is 12.2. The molecule has 2 saturated heterocycles. The van der Waals surface area contributed by atoms with Crippen LogP contribution >= 0.6 is 0 Å². The molecule has 0 saturated carbocycles. The van der Waals surface area contributed by atoms with E-state index in [0.717, 1.165) is 51.9 Å². The van der Waals surface area contributed by atoms with Gasteiger partial charge < -0.3 is 15.1 Å². The van der Waals surface area contributed by atoms with Gasteiger partial charge in [0.05, 0.1) is 0 Å². The van der Waals surface area contributed by atoms with E-state index in [1.165, 1.54) is 0 Å². The summed E-state index contributed by atoms with van der Waals surface area (Å²) in [6.07, 6.45) is 4.29. The van der Waals surface area contributed by atoms with Gasteiger partial charge in [0.1, 0.15) is 0 Å². The second kappa shape index (κ2) is 6.89. The summed E-state index contributed by atoms with van der Waals surface area (Å²) in [7, 11) is 0. The van der Waals surface area contributed by atoms with Crippen LogP contribution in [0, 0.1) is 5.92 Å². The number of likely N-dealkylation sites (tertiary alicyclic amines) is 1. The summed E-state index contributed by atoms with van der Waals surface area (Å²) in [6, 6.07) is 0.